The highest BCUT2D eigenvalue weighted by atomic mass is 19.2. The number of nitrogens with zero attached hydrogens (tertiary/aromatic N) is 2. The third-order valence-corrected chi connectivity index (χ3v) is 5.62. The van der Waals surface area contributed by atoms with Gasteiger partial charge in [-0.2, -0.15) is 0 Å². The van der Waals surface area contributed by atoms with E-state index in [2.05, 4.69) is 20.5 Å². The van der Waals surface area contributed by atoms with Gasteiger partial charge in [0.05, 0.1) is 12.1 Å². The number of guanidine groups is 1. The van der Waals surface area contributed by atoms with E-state index in [0.29, 0.717) is 45.2 Å². The van der Waals surface area contributed by atoms with Gasteiger partial charge in [0, 0.05) is 58.3 Å². The van der Waals surface area contributed by atoms with Crippen molar-refractivity contribution in [3.63, 3.8) is 0 Å². The predicted molar refractivity (Wildman–Crippen MR) is 109 cm³/mol. The summed E-state index contributed by atoms with van der Waals surface area (Å²) < 4.78 is 31.8. The molecule has 0 radical (unpaired) electrons. The number of rotatable bonds is 6. The van der Waals surface area contributed by atoms with Gasteiger partial charge in [-0.3, -0.25) is 9.89 Å². The second kappa shape index (κ2) is 10.3. The predicted octanol–water partition coefficient (Wildman–Crippen LogP) is 2.03. The van der Waals surface area contributed by atoms with E-state index in [1.165, 1.54) is 12.1 Å². The summed E-state index contributed by atoms with van der Waals surface area (Å²) in [5, 5.41) is 17.3. The van der Waals surface area contributed by atoms with Crippen LogP contribution in [-0.2, 0) is 11.3 Å². The third kappa shape index (κ3) is 6.62. The Balaban J connectivity index is 1.48. The Kier molecular flexibility index (Phi) is 7.80. The molecule has 2 aliphatic heterocycles. The molecule has 0 atom stereocenters. The van der Waals surface area contributed by atoms with Gasteiger partial charge in [-0.1, -0.05) is 6.07 Å². The Morgan fingerprint density at radius 2 is 1.97 bits per heavy atom. The van der Waals surface area contributed by atoms with Crippen LogP contribution in [0, 0.1) is 11.6 Å². The van der Waals surface area contributed by atoms with Gasteiger partial charge in [0.2, 0.25) is 0 Å². The number of ether oxygens (including phenoxy) is 1. The maximum absolute atomic E-state index is 13.4. The van der Waals surface area contributed by atoms with Crippen molar-refractivity contribution in [2.45, 2.75) is 50.8 Å². The number of hydrogen-bond acceptors (Lipinski definition) is 4. The molecule has 0 aliphatic carbocycles. The van der Waals surface area contributed by atoms with Crippen molar-refractivity contribution in [1.29, 1.82) is 0 Å². The molecule has 3 N–H and O–H groups in total. The summed E-state index contributed by atoms with van der Waals surface area (Å²) in [6.07, 6.45) is 3.09. The fraction of sp³-hybridized carbons (Fsp3) is 0.667. The lowest BCUT2D eigenvalue weighted by atomic mass is 9.95. The van der Waals surface area contributed by atoms with E-state index < -0.39 is 17.2 Å². The fourth-order valence-electron chi connectivity index (χ4n) is 3.78. The van der Waals surface area contributed by atoms with E-state index in [1.807, 2.05) is 6.92 Å². The van der Waals surface area contributed by atoms with Crippen LogP contribution in [0.1, 0.15) is 38.2 Å². The molecular weight excluding hydrogens is 378 g/mol. The standard InChI is InChI=1S/C21H32F2N4O2/c1-2-24-20(25-15-21(28)7-11-29-12-8-21)26-17-5-9-27(10-6-17)14-16-3-4-18(22)19(23)13-16/h3-4,13,17,28H,2,5-12,14-15H2,1H3,(H2,24,25,26). The van der Waals surface area contributed by atoms with Gasteiger partial charge in [0.1, 0.15) is 0 Å². The maximum Gasteiger partial charge on any atom is 0.191 e. The Labute approximate surface area is 171 Å². The number of aliphatic imine (C=N–C) groups is 1. The number of piperidine rings is 1. The van der Waals surface area contributed by atoms with Gasteiger partial charge in [-0.25, -0.2) is 8.78 Å². The van der Waals surface area contributed by atoms with E-state index in [1.54, 1.807) is 6.07 Å². The Morgan fingerprint density at radius 1 is 1.24 bits per heavy atom. The average Bonchev–Trinajstić information content (AvgIpc) is 2.71. The van der Waals surface area contributed by atoms with Crippen molar-refractivity contribution in [2.24, 2.45) is 4.99 Å². The lowest BCUT2D eigenvalue weighted by molar-refractivity contribution is -0.0566. The normalized spacial score (nSPS) is 21.2. The maximum atomic E-state index is 13.4. The number of hydrogen-bond donors (Lipinski definition) is 3. The van der Waals surface area contributed by atoms with Crippen LogP contribution >= 0.6 is 0 Å². The minimum absolute atomic E-state index is 0.290. The molecule has 0 bridgehead atoms. The summed E-state index contributed by atoms with van der Waals surface area (Å²) >= 11 is 0. The first-order chi connectivity index (χ1) is 14.0. The number of likely N-dealkylation sites (tertiary alicyclic amines) is 1. The van der Waals surface area contributed by atoms with Crippen LogP contribution < -0.4 is 10.6 Å². The molecular formula is C21H32F2N4O2. The summed E-state index contributed by atoms with van der Waals surface area (Å²) in [5.74, 6) is -0.875. The Bertz CT molecular complexity index is 687. The van der Waals surface area contributed by atoms with Crippen LogP contribution in [0.4, 0.5) is 8.78 Å². The molecule has 1 aromatic rings. The summed E-state index contributed by atoms with van der Waals surface area (Å²) in [7, 11) is 0. The summed E-state index contributed by atoms with van der Waals surface area (Å²) in [5.41, 5.74) is 0.00362. The molecule has 8 heteroatoms. The first-order valence-corrected chi connectivity index (χ1v) is 10.5. The van der Waals surface area contributed by atoms with Crippen LogP contribution in [0.3, 0.4) is 0 Å². The van der Waals surface area contributed by atoms with Gasteiger partial charge >= 0.3 is 0 Å². The van der Waals surface area contributed by atoms with Crippen LogP contribution in [0.25, 0.3) is 0 Å². The molecule has 29 heavy (non-hydrogen) atoms. The Morgan fingerprint density at radius 3 is 2.62 bits per heavy atom. The van der Waals surface area contributed by atoms with E-state index in [4.69, 9.17) is 4.74 Å². The molecule has 3 rings (SSSR count). The zero-order chi connectivity index (χ0) is 20.7. The topological polar surface area (TPSA) is 69.1 Å². The SMILES string of the molecule is CCNC(=NCC1(O)CCOCC1)NC1CCN(Cc2ccc(F)c(F)c2)CC1. The summed E-state index contributed by atoms with van der Waals surface area (Å²) in [6.45, 7) is 6.65. The molecule has 2 saturated heterocycles. The second-order valence-electron chi connectivity index (χ2n) is 7.98. The molecule has 2 heterocycles. The smallest absolute Gasteiger partial charge is 0.191 e. The molecule has 0 unspecified atom stereocenters. The van der Waals surface area contributed by atoms with Crippen LogP contribution in [0.2, 0.25) is 0 Å². The minimum Gasteiger partial charge on any atom is -0.388 e. The van der Waals surface area contributed by atoms with E-state index in [-0.39, 0.29) is 0 Å². The number of nitrogens with one attached hydrogen (secondary N) is 2. The molecule has 1 aromatic carbocycles. The van der Waals surface area contributed by atoms with Crippen LogP contribution in [-0.4, -0.2) is 67.0 Å². The van der Waals surface area contributed by atoms with Gasteiger partial charge in [0.15, 0.2) is 17.6 Å². The van der Waals surface area contributed by atoms with Gasteiger partial charge in [-0.15, -0.1) is 0 Å². The molecule has 2 fully saturated rings. The van der Waals surface area contributed by atoms with E-state index in [0.717, 1.165) is 44.0 Å². The second-order valence-corrected chi connectivity index (χ2v) is 7.98. The number of benzene rings is 1. The van der Waals surface area contributed by atoms with Crippen LogP contribution in [0.15, 0.2) is 23.2 Å². The Hall–Kier alpha value is -1.77. The van der Waals surface area contributed by atoms with Crippen molar-refractivity contribution < 1.29 is 18.6 Å². The molecule has 2 aliphatic rings. The largest absolute Gasteiger partial charge is 0.388 e. The molecule has 162 valence electrons. The monoisotopic (exact) mass is 410 g/mol. The summed E-state index contributed by atoms with van der Waals surface area (Å²) in [6, 6.07) is 4.39. The third-order valence-electron chi connectivity index (χ3n) is 5.62. The average molecular weight is 411 g/mol. The molecule has 0 aromatic heterocycles. The lowest BCUT2D eigenvalue weighted by Gasteiger charge is -2.34. The zero-order valence-corrected chi connectivity index (χ0v) is 17.1. The minimum atomic E-state index is -0.808. The highest BCUT2D eigenvalue weighted by Crippen LogP contribution is 2.21. The van der Waals surface area contributed by atoms with Gasteiger partial charge in [0.25, 0.3) is 0 Å². The quantitative estimate of drug-likeness (QED) is 0.495. The number of aliphatic hydroxyl groups is 1. The van der Waals surface area contributed by atoms with E-state index >= 15 is 0 Å². The van der Waals surface area contributed by atoms with Crippen molar-refractivity contribution in [1.82, 2.24) is 15.5 Å². The summed E-state index contributed by atoms with van der Waals surface area (Å²) in [4.78, 5) is 6.86. The first kappa shape index (κ1) is 21.9. The van der Waals surface area contributed by atoms with Crippen LogP contribution in [0.5, 0.6) is 0 Å². The van der Waals surface area contributed by atoms with Crippen molar-refractivity contribution in [3.8, 4) is 0 Å². The highest BCUT2D eigenvalue weighted by molar-refractivity contribution is 5.80. The fourth-order valence-corrected chi connectivity index (χ4v) is 3.78. The van der Waals surface area contributed by atoms with Gasteiger partial charge in [-0.05, 0) is 37.5 Å². The first-order valence-electron chi connectivity index (χ1n) is 10.5. The van der Waals surface area contributed by atoms with E-state index in [9.17, 15) is 13.9 Å². The van der Waals surface area contributed by atoms with Crippen molar-refractivity contribution >= 4 is 5.96 Å². The number of halogens is 2. The zero-order valence-electron chi connectivity index (χ0n) is 17.1. The van der Waals surface area contributed by atoms with Crippen molar-refractivity contribution in [3.05, 3.63) is 35.4 Å². The molecule has 0 spiro atoms. The van der Waals surface area contributed by atoms with Gasteiger partial charge < -0.3 is 20.5 Å². The lowest BCUT2D eigenvalue weighted by Crippen LogP contribution is -2.49. The molecule has 0 amide bonds. The molecule has 6 nitrogen and oxygen atoms in total. The highest BCUT2D eigenvalue weighted by Gasteiger charge is 2.30. The van der Waals surface area contributed by atoms with Crippen molar-refractivity contribution in [2.75, 3.05) is 39.4 Å². The molecule has 0 saturated carbocycles.